The van der Waals surface area contributed by atoms with Gasteiger partial charge in [-0.25, -0.2) is 4.68 Å². The van der Waals surface area contributed by atoms with E-state index in [9.17, 15) is 13.2 Å². The molecule has 19 heavy (non-hydrogen) atoms. The molecular weight excluding hydrogens is 281 g/mol. The molecule has 0 fully saturated rings. The number of nitrogens with zero attached hydrogens (tertiary/aromatic N) is 2. The van der Waals surface area contributed by atoms with Crippen molar-refractivity contribution in [1.82, 2.24) is 9.78 Å². The summed E-state index contributed by atoms with van der Waals surface area (Å²) in [4.78, 5) is 0. The van der Waals surface area contributed by atoms with Crippen molar-refractivity contribution in [3.63, 3.8) is 0 Å². The quantitative estimate of drug-likeness (QED) is 0.862. The van der Waals surface area contributed by atoms with Crippen LogP contribution in [0.5, 0.6) is 0 Å². The molecule has 1 aromatic heterocycles. The summed E-state index contributed by atoms with van der Waals surface area (Å²) in [6.07, 6.45) is -3.14. The van der Waals surface area contributed by atoms with Gasteiger partial charge in [0.1, 0.15) is 0 Å². The smallest absolute Gasteiger partial charge is 0.378 e. The van der Waals surface area contributed by atoms with Crippen molar-refractivity contribution in [3.05, 3.63) is 46.7 Å². The van der Waals surface area contributed by atoms with E-state index in [1.807, 2.05) is 0 Å². The van der Waals surface area contributed by atoms with Crippen LogP contribution in [0.3, 0.4) is 0 Å². The normalized spacial score (nSPS) is 11.8. The van der Waals surface area contributed by atoms with Gasteiger partial charge in [0.15, 0.2) is 0 Å². The van der Waals surface area contributed by atoms with Crippen molar-refractivity contribution in [2.75, 3.05) is 7.11 Å². The molecule has 7 heteroatoms. The zero-order chi connectivity index (χ0) is 14.0. The number of aromatic nitrogens is 2. The number of halogens is 4. The molecule has 0 bridgehead atoms. The van der Waals surface area contributed by atoms with Gasteiger partial charge in [-0.05, 0) is 18.2 Å². The highest BCUT2D eigenvalue weighted by Gasteiger charge is 2.37. The summed E-state index contributed by atoms with van der Waals surface area (Å²) in [7, 11) is 1.46. The molecule has 0 saturated heterocycles. The molecule has 0 amide bonds. The average Bonchev–Trinajstić information content (AvgIpc) is 2.75. The molecule has 0 radical (unpaired) electrons. The molecule has 0 saturated carbocycles. The lowest BCUT2D eigenvalue weighted by molar-refractivity contribution is -0.137. The standard InChI is InChI=1S/C12H10ClF3N2O/c1-19-7-8-5-6-17-18(8)10-4-2-3-9(13)11(10)12(14,15)16/h2-6H,7H2,1H3. The van der Waals surface area contributed by atoms with Gasteiger partial charge >= 0.3 is 6.18 Å². The number of methoxy groups -OCH3 is 1. The number of hydrogen-bond acceptors (Lipinski definition) is 2. The van der Waals surface area contributed by atoms with E-state index in [1.165, 1.54) is 36.2 Å². The minimum atomic E-state index is -4.55. The molecule has 0 atom stereocenters. The highest BCUT2D eigenvalue weighted by molar-refractivity contribution is 6.31. The summed E-state index contributed by atoms with van der Waals surface area (Å²) in [6, 6.07) is 5.56. The molecule has 0 aliphatic rings. The Hall–Kier alpha value is -1.53. The minimum Gasteiger partial charge on any atom is -0.378 e. The lowest BCUT2D eigenvalue weighted by Gasteiger charge is -2.16. The predicted molar refractivity (Wildman–Crippen MR) is 64.3 cm³/mol. The molecule has 3 nitrogen and oxygen atoms in total. The van der Waals surface area contributed by atoms with Crippen LogP contribution in [-0.2, 0) is 17.5 Å². The topological polar surface area (TPSA) is 27.1 Å². The predicted octanol–water partition coefficient (Wildman–Crippen LogP) is 3.69. The molecule has 1 heterocycles. The summed E-state index contributed by atoms with van der Waals surface area (Å²) in [5.41, 5.74) is -0.509. The van der Waals surface area contributed by atoms with Gasteiger partial charge in [0.2, 0.25) is 0 Å². The Kier molecular flexibility index (Phi) is 3.82. The Balaban J connectivity index is 2.62. The Morgan fingerprint density at radius 2 is 2.05 bits per heavy atom. The molecule has 0 aliphatic carbocycles. The average molecular weight is 291 g/mol. The van der Waals surface area contributed by atoms with Gasteiger partial charge in [-0.3, -0.25) is 0 Å². The summed E-state index contributed by atoms with van der Waals surface area (Å²) in [5, 5.41) is 3.54. The monoisotopic (exact) mass is 290 g/mol. The van der Waals surface area contributed by atoms with Gasteiger partial charge in [-0.15, -0.1) is 0 Å². The summed E-state index contributed by atoms with van der Waals surface area (Å²) >= 11 is 5.67. The fourth-order valence-corrected chi connectivity index (χ4v) is 2.05. The zero-order valence-electron chi connectivity index (χ0n) is 9.91. The SMILES string of the molecule is COCc1ccnn1-c1cccc(Cl)c1C(F)(F)F. The summed E-state index contributed by atoms with van der Waals surface area (Å²) in [5.74, 6) is 0. The molecular formula is C12H10ClF3N2O. The van der Waals surface area contributed by atoms with Crippen molar-refractivity contribution in [2.45, 2.75) is 12.8 Å². The summed E-state index contributed by atoms with van der Waals surface area (Å²) < 4.78 is 45.3. The fraction of sp³-hybridized carbons (Fsp3) is 0.250. The first kappa shape index (κ1) is 13.9. The maximum absolute atomic E-state index is 13.1. The molecule has 0 aliphatic heterocycles. The van der Waals surface area contributed by atoms with Gasteiger partial charge in [-0.2, -0.15) is 18.3 Å². The lowest BCUT2D eigenvalue weighted by Crippen LogP contribution is -2.14. The van der Waals surface area contributed by atoms with Crippen molar-refractivity contribution in [1.29, 1.82) is 0 Å². The first-order valence-corrected chi connectivity index (χ1v) is 5.71. The van der Waals surface area contributed by atoms with Crippen LogP contribution in [0.15, 0.2) is 30.5 Å². The summed E-state index contributed by atoms with van der Waals surface area (Å²) in [6.45, 7) is 0.157. The molecule has 1 aromatic carbocycles. The van der Waals surface area contributed by atoms with Crippen molar-refractivity contribution in [3.8, 4) is 5.69 Å². The van der Waals surface area contributed by atoms with Crippen molar-refractivity contribution in [2.24, 2.45) is 0 Å². The second-order valence-electron chi connectivity index (χ2n) is 3.80. The van der Waals surface area contributed by atoms with Crippen LogP contribution in [-0.4, -0.2) is 16.9 Å². The highest BCUT2D eigenvalue weighted by atomic mass is 35.5. The maximum Gasteiger partial charge on any atom is 0.419 e. The van der Waals surface area contributed by atoms with Crippen LogP contribution in [0.4, 0.5) is 13.2 Å². The second-order valence-corrected chi connectivity index (χ2v) is 4.21. The van der Waals surface area contributed by atoms with Gasteiger partial charge in [0.05, 0.1) is 28.6 Å². The maximum atomic E-state index is 13.1. The lowest BCUT2D eigenvalue weighted by atomic mass is 10.1. The number of benzene rings is 1. The molecule has 102 valence electrons. The van der Waals surface area contributed by atoms with Crippen LogP contribution in [0.25, 0.3) is 5.69 Å². The van der Waals surface area contributed by atoms with Crippen molar-refractivity contribution < 1.29 is 17.9 Å². The van der Waals surface area contributed by atoms with E-state index < -0.39 is 11.7 Å². The van der Waals surface area contributed by atoms with Crippen LogP contribution in [0, 0.1) is 0 Å². The fourth-order valence-electron chi connectivity index (χ4n) is 1.77. The third-order valence-corrected chi connectivity index (χ3v) is 2.83. The van der Waals surface area contributed by atoms with E-state index in [0.717, 1.165) is 0 Å². The zero-order valence-corrected chi connectivity index (χ0v) is 10.7. The number of alkyl halides is 3. The Morgan fingerprint density at radius 1 is 1.32 bits per heavy atom. The van der Waals surface area contributed by atoms with E-state index in [4.69, 9.17) is 16.3 Å². The largest absolute Gasteiger partial charge is 0.419 e. The number of hydrogen-bond donors (Lipinski definition) is 0. The molecule has 0 spiro atoms. The van der Waals surface area contributed by atoms with E-state index in [-0.39, 0.29) is 17.3 Å². The first-order chi connectivity index (χ1) is 8.95. The highest BCUT2D eigenvalue weighted by Crippen LogP contribution is 2.38. The molecule has 2 aromatic rings. The molecule has 0 unspecified atom stereocenters. The van der Waals surface area contributed by atoms with Gasteiger partial charge in [0.25, 0.3) is 0 Å². The Labute approximate surface area is 112 Å². The number of rotatable bonds is 3. The van der Waals surface area contributed by atoms with Crippen LogP contribution in [0.1, 0.15) is 11.3 Å². The van der Waals surface area contributed by atoms with Crippen LogP contribution < -0.4 is 0 Å². The minimum absolute atomic E-state index is 0.114. The molecule has 0 N–H and O–H groups in total. The third kappa shape index (κ3) is 2.74. The van der Waals surface area contributed by atoms with Gasteiger partial charge < -0.3 is 4.74 Å². The number of ether oxygens (including phenoxy) is 1. The third-order valence-electron chi connectivity index (χ3n) is 2.52. The van der Waals surface area contributed by atoms with E-state index in [0.29, 0.717) is 5.69 Å². The Bertz CT molecular complexity index is 581. The second kappa shape index (κ2) is 5.22. The van der Waals surface area contributed by atoms with E-state index in [1.54, 1.807) is 6.07 Å². The van der Waals surface area contributed by atoms with Crippen molar-refractivity contribution >= 4 is 11.6 Å². The Morgan fingerprint density at radius 3 is 2.68 bits per heavy atom. The van der Waals surface area contributed by atoms with E-state index >= 15 is 0 Å². The first-order valence-electron chi connectivity index (χ1n) is 5.33. The van der Waals surface area contributed by atoms with Gasteiger partial charge in [-0.1, -0.05) is 17.7 Å². The van der Waals surface area contributed by atoms with Gasteiger partial charge in [0, 0.05) is 13.3 Å². The molecule has 2 rings (SSSR count). The van der Waals surface area contributed by atoms with Crippen LogP contribution >= 0.6 is 11.6 Å². The van der Waals surface area contributed by atoms with E-state index in [2.05, 4.69) is 5.10 Å². The van der Waals surface area contributed by atoms with Crippen LogP contribution in [0.2, 0.25) is 5.02 Å².